The molecule has 16 heteroatoms. The Morgan fingerprint density at radius 1 is 0.625 bits per heavy atom. The van der Waals surface area contributed by atoms with Crippen LogP contribution < -0.4 is 10.6 Å². The summed E-state index contributed by atoms with van der Waals surface area (Å²) < 4.78 is 15.3. The third-order valence-electron chi connectivity index (χ3n) is 11.1. The van der Waals surface area contributed by atoms with Crippen LogP contribution in [0, 0.1) is 0 Å². The molecule has 2 N–H and O–H groups in total. The van der Waals surface area contributed by atoms with Crippen molar-refractivity contribution in [2.24, 2.45) is 0 Å². The van der Waals surface area contributed by atoms with E-state index in [-0.39, 0.29) is 35.4 Å². The predicted molar refractivity (Wildman–Crippen MR) is 255 cm³/mol. The molecule has 0 radical (unpaired) electrons. The van der Waals surface area contributed by atoms with Gasteiger partial charge in [0, 0.05) is 35.7 Å². The number of hydrogen-bond acceptors (Lipinski definition) is 10. The summed E-state index contributed by atoms with van der Waals surface area (Å²) in [7, 11) is 2.72. The number of nitrogens with one attached hydrogen (secondary N) is 2. The molecule has 3 unspecified atom stereocenters. The number of carbonyl (C=O) groups excluding carboxylic acids is 4. The maximum absolute atomic E-state index is 14.8. The second-order valence-electron chi connectivity index (χ2n) is 18.4. The lowest BCUT2D eigenvalue weighted by Crippen LogP contribution is -2.54. The van der Waals surface area contributed by atoms with Crippen LogP contribution >= 0.6 is 21.6 Å². The monoisotopic (exact) mass is 914 g/mol. The normalized spacial score (nSPS) is 17.2. The molecule has 4 atom stereocenters. The predicted octanol–water partition coefficient (Wildman–Crippen LogP) is 9.43. The molecule has 6 rings (SSSR count). The molecule has 2 aliphatic rings. The topological polar surface area (TPSA) is 153 Å². The molecule has 4 heterocycles. The summed E-state index contributed by atoms with van der Waals surface area (Å²) in [5.41, 5.74) is 4.10. The number of nitrogens with zero attached hydrogens (tertiary/aromatic N) is 6. The number of rotatable bonds is 17. The maximum atomic E-state index is 14.8. The van der Waals surface area contributed by atoms with E-state index in [1.165, 1.54) is 21.6 Å². The number of amides is 4. The van der Waals surface area contributed by atoms with Gasteiger partial charge in [0.25, 0.3) is 0 Å². The molecular formula is C48H66N8O6S2. The first kappa shape index (κ1) is 48.5. The SMILES string of the molecule is CCCCC1c2cc(-c3ccccc3)nn2CCN1C(=O)C(CSSC[C@H](NC(=O)OC(C)(C)C)C(=O)N1CCn2nc(-c3ccccc3)cc2C1CCCC)NC(=O)OC(C)(C)C. The first-order valence-corrected chi connectivity index (χ1v) is 25.1. The van der Waals surface area contributed by atoms with Crippen molar-refractivity contribution in [1.82, 2.24) is 40.0 Å². The van der Waals surface area contributed by atoms with Crippen LogP contribution in [-0.2, 0) is 32.2 Å². The Bertz CT molecular complexity index is 2030. The molecule has 4 amide bonds. The van der Waals surface area contributed by atoms with Gasteiger partial charge in [-0.25, -0.2) is 9.59 Å². The first-order valence-electron chi connectivity index (χ1n) is 22.7. The first-order chi connectivity index (χ1) is 30.5. The summed E-state index contributed by atoms with van der Waals surface area (Å²) in [5.74, 6) is -0.0589. The molecule has 0 saturated heterocycles. The Morgan fingerprint density at radius 2 is 1.00 bits per heavy atom. The van der Waals surface area contributed by atoms with Gasteiger partial charge in [-0.1, -0.05) is 122 Å². The highest BCUT2D eigenvalue weighted by Crippen LogP contribution is 2.36. The molecule has 0 saturated carbocycles. The van der Waals surface area contributed by atoms with E-state index in [2.05, 4.69) is 36.6 Å². The lowest BCUT2D eigenvalue weighted by atomic mass is 10.0. The number of benzene rings is 2. The minimum Gasteiger partial charge on any atom is -0.444 e. The van der Waals surface area contributed by atoms with Gasteiger partial charge in [0.1, 0.15) is 23.3 Å². The minimum atomic E-state index is -0.938. The van der Waals surface area contributed by atoms with Gasteiger partial charge in [-0.05, 0) is 66.5 Å². The molecule has 2 aromatic heterocycles. The maximum Gasteiger partial charge on any atom is 0.408 e. The number of unbranched alkanes of at least 4 members (excludes halogenated alkanes) is 2. The summed E-state index contributed by atoms with van der Waals surface area (Å²) in [5, 5.41) is 15.6. The summed E-state index contributed by atoms with van der Waals surface area (Å²) in [6.07, 6.45) is 3.83. The zero-order chi connectivity index (χ0) is 46.0. The zero-order valence-corrected chi connectivity index (χ0v) is 40.3. The zero-order valence-electron chi connectivity index (χ0n) is 38.7. The van der Waals surface area contributed by atoms with Gasteiger partial charge in [-0.2, -0.15) is 10.2 Å². The van der Waals surface area contributed by atoms with Crippen molar-refractivity contribution in [3.05, 3.63) is 84.2 Å². The smallest absolute Gasteiger partial charge is 0.408 e. The largest absolute Gasteiger partial charge is 0.444 e. The Hall–Kier alpha value is -4.96. The lowest BCUT2D eigenvalue weighted by Gasteiger charge is -2.38. The van der Waals surface area contributed by atoms with E-state index in [0.717, 1.165) is 72.4 Å². The summed E-state index contributed by atoms with van der Waals surface area (Å²) in [6.45, 7) is 16.8. The molecule has 0 bridgehead atoms. The molecule has 64 heavy (non-hydrogen) atoms. The molecule has 14 nitrogen and oxygen atoms in total. The Labute approximate surface area is 386 Å². The van der Waals surface area contributed by atoms with Gasteiger partial charge in [-0.3, -0.25) is 19.0 Å². The summed E-state index contributed by atoms with van der Waals surface area (Å²) in [4.78, 5) is 59.9. The third-order valence-corrected chi connectivity index (χ3v) is 13.5. The van der Waals surface area contributed by atoms with E-state index in [9.17, 15) is 19.2 Å². The number of carbonyl (C=O) groups is 4. The quantitative estimate of drug-likeness (QED) is 0.0774. The highest BCUT2D eigenvalue weighted by atomic mass is 33.1. The fraction of sp³-hybridized carbons (Fsp3) is 0.542. The van der Waals surface area contributed by atoms with Crippen LogP contribution in [0.25, 0.3) is 22.5 Å². The Morgan fingerprint density at radius 3 is 1.34 bits per heavy atom. The van der Waals surface area contributed by atoms with Crippen molar-refractivity contribution < 1.29 is 28.7 Å². The van der Waals surface area contributed by atoms with Crippen LogP contribution in [0.15, 0.2) is 72.8 Å². The molecule has 0 aliphatic carbocycles. The standard InChI is InChI=1S/C48H66N8O6S2/c1-9-11-23-39-41-29-35(33-19-15-13-16-20-33)51-55(41)27-25-53(39)43(57)37(49-45(59)61-47(3,4)5)31-63-64-32-38(50-46(60)62-48(6,7)8)44(58)54-26-28-56-42(40(54)24-12-10-2)30-36(52-56)34-21-17-14-18-22-34/h13-22,29-30,37-40H,9-12,23-28,31-32H2,1-8H3,(H,49,59)(H,50,60)/t37-,38?,39?,40?/m0/s1. The number of ether oxygens (including phenoxy) is 2. The number of alkyl carbamates (subject to hydrolysis) is 2. The van der Waals surface area contributed by atoms with Gasteiger partial charge in [0.15, 0.2) is 0 Å². The van der Waals surface area contributed by atoms with Gasteiger partial charge < -0.3 is 29.9 Å². The highest BCUT2D eigenvalue weighted by Gasteiger charge is 2.39. The van der Waals surface area contributed by atoms with Crippen molar-refractivity contribution in [1.29, 1.82) is 0 Å². The van der Waals surface area contributed by atoms with E-state index in [0.29, 0.717) is 26.2 Å². The lowest BCUT2D eigenvalue weighted by molar-refractivity contribution is -0.137. The molecule has 0 spiro atoms. The summed E-state index contributed by atoms with van der Waals surface area (Å²) >= 11 is 0. The van der Waals surface area contributed by atoms with Gasteiger partial charge in [0.2, 0.25) is 11.8 Å². The van der Waals surface area contributed by atoms with E-state index in [1.807, 2.05) is 79.8 Å². The third kappa shape index (κ3) is 12.9. The van der Waals surface area contributed by atoms with Crippen molar-refractivity contribution in [3.8, 4) is 22.5 Å². The second-order valence-corrected chi connectivity index (χ2v) is 21.0. The van der Waals surface area contributed by atoms with Crippen LogP contribution in [0.3, 0.4) is 0 Å². The molecule has 2 aliphatic heterocycles. The molecule has 0 fully saturated rings. The average molecular weight is 915 g/mol. The number of fused-ring (bicyclic) bond motifs is 2. The minimum absolute atomic E-state index is 0.186. The molecule has 346 valence electrons. The van der Waals surface area contributed by atoms with Gasteiger partial charge in [0.05, 0.1) is 47.9 Å². The van der Waals surface area contributed by atoms with Gasteiger partial charge >= 0.3 is 12.2 Å². The van der Waals surface area contributed by atoms with Crippen LogP contribution in [0.5, 0.6) is 0 Å². The van der Waals surface area contributed by atoms with Crippen molar-refractivity contribution in [2.45, 2.75) is 142 Å². The van der Waals surface area contributed by atoms with E-state index >= 15 is 0 Å². The molecule has 4 aromatic rings. The van der Waals surface area contributed by atoms with Crippen LogP contribution in [0.2, 0.25) is 0 Å². The van der Waals surface area contributed by atoms with Crippen LogP contribution in [0.4, 0.5) is 9.59 Å². The average Bonchev–Trinajstić information content (AvgIpc) is 3.90. The van der Waals surface area contributed by atoms with Crippen molar-refractivity contribution in [2.75, 3.05) is 24.6 Å². The molecular weight excluding hydrogens is 849 g/mol. The van der Waals surface area contributed by atoms with E-state index in [4.69, 9.17) is 19.7 Å². The van der Waals surface area contributed by atoms with E-state index in [1.54, 1.807) is 41.5 Å². The van der Waals surface area contributed by atoms with E-state index < -0.39 is 35.5 Å². The Kier molecular flexibility index (Phi) is 16.5. The van der Waals surface area contributed by atoms with Gasteiger partial charge in [-0.15, -0.1) is 0 Å². The summed E-state index contributed by atoms with van der Waals surface area (Å²) in [6, 6.07) is 21.8. The Balaban J connectivity index is 1.21. The fourth-order valence-electron chi connectivity index (χ4n) is 8.10. The van der Waals surface area contributed by atoms with Crippen molar-refractivity contribution in [3.63, 3.8) is 0 Å². The van der Waals surface area contributed by atoms with Crippen molar-refractivity contribution >= 4 is 45.6 Å². The van der Waals surface area contributed by atoms with Crippen LogP contribution in [0.1, 0.15) is 117 Å². The second kappa shape index (κ2) is 21.8. The van der Waals surface area contributed by atoms with Crippen LogP contribution in [-0.4, -0.2) is 101 Å². The number of aromatic nitrogens is 4. The number of hydrogen-bond donors (Lipinski definition) is 2. The highest BCUT2D eigenvalue weighted by molar-refractivity contribution is 8.76. The fourth-order valence-corrected chi connectivity index (χ4v) is 10.4. The molecule has 2 aromatic carbocycles.